The quantitative estimate of drug-likeness (QED) is 0.667. The molecule has 0 aliphatic heterocycles. The lowest BCUT2D eigenvalue weighted by Crippen LogP contribution is -2.20. The molecule has 0 spiro atoms. The zero-order valence-electron chi connectivity index (χ0n) is 10.1. The van der Waals surface area contributed by atoms with Crippen LogP contribution in [0.15, 0.2) is 21.4 Å². The van der Waals surface area contributed by atoms with Crippen LogP contribution < -0.4 is 16.2 Å². The molecular formula is C11H14BrN5S. The van der Waals surface area contributed by atoms with E-state index < -0.39 is 0 Å². The number of anilines is 2. The van der Waals surface area contributed by atoms with Crippen molar-refractivity contribution in [1.82, 2.24) is 9.97 Å². The Morgan fingerprint density at radius 2 is 2.33 bits per heavy atom. The smallest absolute Gasteiger partial charge is 0.239 e. The van der Waals surface area contributed by atoms with Crippen molar-refractivity contribution >= 4 is 39.0 Å². The first kappa shape index (κ1) is 13.3. The first-order chi connectivity index (χ1) is 8.60. The van der Waals surface area contributed by atoms with Crippen molar-refractivity contribution in [1.29, 1.82) is 0 Å². The first-order valence-corrected chi connectivity index (χ1v) is 7.01. The highest BCUT2D eigenvalue weighted by atomic mass is 79.9. The number of nitrogen functional groups attached to an aromatic ring is 1. The third-order valence-electron chi connectivity index (χ3n) is 2.48. The molecule has 96 valence electrons. The van der Waals surface area contributed by atoms with E-state index in [0.29, 0.717) is 5.95 Å². The molecule has 2 aromatic heterocycles. The van der Waals surface area contributed by atoms with E-state index in [2.05, 4.69) is 47.7 Å². The largest absolute Gasteiger partial charge is 0.355 e. The van der Waals surface area contributed by atoms with Gasteiger partial charge in [0, 0.05) is 25.4 Å². The molecule has 0 bridgehead atoms. The van der Waals surface area contributed by atoms with Gasteiger partial charge in [0.2, 0.25) is 5.95 Å². The molecule has 0 radical (unpaired) electrons. The summed E-state index contributed by atoms with van der Waals surface area (Å²) < 4.78 is 1.13. The van der Waals surface area contributed by atoms with Crippen molar-refractivity contribution in [3.05, 3.63) is 32.6 Å². The summed E-state index contributed by atoms with van der Waals surface area (Å²) in [5.41, 5.74) is 4.73. The van der Waals surface area contributed by atoms with E-state index >= 15 is 0 Å². The van der Waals surface area contributed by atoms with E-state index in [1.165, 1.54) is 5.56 Å². The number of hydrazine groups is 1. The molecule has 0 unspecified atom stereocenters. The summed E-state index contributed by atoms with van der Waals surface area (Å²) in [6.45, 7) is 2.78. The molecule has 0 fully saturated rings. The van der Waals surface area contributed by atoms with E-state index in [9.17, 15) is 0 Å². The van der Waals surface area contributed by atoms with Gasteiger partial charge in [-0.15, -0.1) is 11.3 Å². The minimum Gasteiger partial charge on any atom is -0.355 e. The molecular weight excluding hydrogens is 314 g/mol. The minimum absolute atomic E-state index is 0.425. The van der Waals surface area contributed by atoms with Gasteiger partial charge in [-0.2, -0.15) is 4.98 Å². The molecule has 7 heteroatoms. The van der Waals surface area contributed by atoms with Gasteiger partial charge in [-0.3, -0.25) is 5.43 Å². The number of halogens is 1. The highest BCUT2D eigenvalue weighted by Gasteiger charge is 2.09. The summed E-state index contributed by atoms with van der Waals surface area (Å²) in [6, 6.07) is 2.11. The van der Waals surface area contributed by atoms with Crippen LogP contribution in [0.25, 0.3) is 0 Å². The third kappa shape index (κ3) is 2.98. The fraction of sp³-hybridized carbons (Fsp3) is 0.273. The number of aryl methyl sites for hydroxylation is 1. The zero-order chi connectivity index (χ0) is 13.1. The Labute approximate surface area is 118 Å². The number of nitrogens with two attached hydrogens (primary N) is 1. The van der Waals surface area contributed by atoms with Crippen molar-refractivity contribution < 1.29 is 0 Å². The fourth-order valence-corrected chi connectivity index (χ4v) is 2.87. The topological polar surface area (TPSA) is 67.1 Å². The third-order valence-corrected chi connectivity index (χ3v) is 4.03. The van der Waals surface area contributed by atoms with E-state index in [0.717, 1.165) is 21.7 Å². The van der Waals surface area contributed by atoms with Crippen molar-refractivity contribution in [2.24, 2.45) is 5.84 Å². The average molecular weight is 328 g/mol. The van der Waals surface area contributed by atoms with Crippen molar-refractivity contribution in [2.45, 2.75) is 13.5 Å². The van der Waals surface area contributed by atoms with Crippen LogP contribution in [-0.4, -0.2) is 17.0 Å². The maximum Gasteiger partial charge on any atom is 0.239 e. The lowest BCUT2D eigenvalue weighted by atomic mass is 10.3. The van der Waals surface area contributed by atoms with Gasteiger partial charge in [-0.25, -0.2) is 10.8 Å². The lowest BCUT2D eigenvalue weighted by molar-refractivity contribution is 0.885. The SMILES string of the molecule is Cc1cnc(NN)nc1N(C)Cc1csc(Br)c1. The van der Waals surface area contributed by atoms with Gasteiger partial charge in [-0.1, -0.05) is 0 Å². The maximum atomic E-state index is 5.33. The summed E-state index contributed by atoms with van der Waals surface area (Å²) in [5, 5.41) is 2.12. The molecule has 0 atom stereocenters. The molecule has 18 heavy (non-hydrogen) atoms. The number of rotatable bonds is 4. The van der Waals surface area contributed by atoms with E-state index in [1.807, 2.05) is 14.0 Å². The van der Waals surface area contributed by atoms with E-state index in [1.54, 1.807) is 17.5 Å². The lowest BCUT2D eigenvalue weighted by Gasteiger charge is -2.19. The number of aromatic nitrogens is 2. The Hall–Kier alpha value is -1.18. The molecule has 0 amide bonds. The normalized spacial score (nSPS) is 10.4. The van der Waals surface area contributed by atoms with Crippen LogP contribution >= 0.6 is 27.3 Å². The summed E-state index contributed by atoms with van der Waals surface area (Å²) >= 11 is 5.14. The van der Waals surface area contributed by atoms with Gasteiger partial charge >= 0.3 is 0 Å². The molecule has 3 N–H and O–H groups in total. The molecule has 5 nitrogen and oxygen atoms in total. The predicted molar refractivity (Wildman–Crippen MR) is 78.7 cm³/mol. The van der Waals surface area contributed by atoms with Gasteiger partial charge in [-0.05, 0) is 39.9 Å². The molecule has 2 heterocycles. The number of hydrogen-bond donors (Lipinski definition) is 2. The van der Waals surface area contributed by atoms with Crippen LogP contribution in [0.2, 0.25) is 0 Å². The van der Waals surface area contributed by atoms with Crippen LogP contribution in [-0.2, 0) is 6.54 Å². The first-order valence-electron chi connectivity index (χ1n) is 5.34. The van der Waals surface area contributed by atoms with E-state index in [-0.39, 0.29) is 0 Å². The zero-order valence-corrected chi connectivity index (χ0v) is 12.5. The van der Waals surface area contributed by atoms with Crippen LogP contribution in [0, 0.1) is 6.92 Å². The van der Waals surface area contributed by atoms with Crippen LogP contribution in [0.1, 0.15) is 11.1 Å². The number of nitrogens with zero attached hydrogens (tertiary/aromatic N) is 3. The molecule has 0 saturated heterocycles. The Morgan fingerprint density at radius 1 is 1.56 bits per heavy atom. The molecule has 0 aliphatic rings. The Bertz CT molecular complexity index is 542. The second-order valence-electron chi connectivity index (χ2n) is 3.96. The summed E-state index contributed by atoms with van der Waals surface area (Å²) in [6.07, 6.45) is 1.76. The van der Waals surface area contributed by atoms with Crippen molar-refractivity contribution in [3.63, 3.8) is 0 Å². The van der Waals surface area contributed by atoms with Crippen molar-refractivity contribution in [3.8, 4) is 0 Å². The van der Waals surface area contributed by atoms with Gasteiger partial charge in [0.1, 0.15) is 5.82 Å². The summed E-state index contributed by atoms with van der Waals surface area (Å²) in [7, 11) is 2.00. The Kier molecular flexibility index (Phi) is 4.15. The average Bonchev–Trinajstić information content (AvgIpc) is 2.75. The van der Waals surface area contributed by atoms with Gasteiger partial charge < -0.3 is 4.90 Å². The van der Waals surface area contributed by atoms with Gasteiger partial charge in [0.05, 0.1) is 3.79 Å². The van der Waals surface area contributed by atoms with Gasteiger partial charge in [0.15, 0.2) is 0 Å². The van der Waals surface area contributed by atoms with Gasteiger partial charge in [0.25, 0.3) is 0 Å². The molecule has 0 saturated carbocycles. The molecule has 2 aromatic rings. The maximum absolute atomic E-state index is 5.33. The van der Waals surface area contributed by atoms with E-state index in [4.69, 9.17) is 5.84 Å². The summed E-state index contributed by atoms with van der Waals surface area (Å²) in [5.74, 6) is 6.63. The number of thiophene rings is 1. The highest BCUT2D eigenvalue weighted by molar-refractivity contribution is 9.11. The predicted octanol–water partition coefficient (Wildman–Crippen LogP) is 2.53. The summed E-state index contributed by atoms with van der Waals surface area (Å²) in [4.78, 5) is 10.5. The number of hydrogen-bond acceptors (Lipinski definition) is 6. The minimum atomic E-state index is 0.425. The molecule has 2 rings (SSSR count). The van der Waals surface area contributed by atoms with Crippen LogP contribution in [0.5, 0.6) is 0 Å². The highest BCUT2D eigenvalue weighted by Crippen LogP contribution is 2.24. The number of nitrogens with one attached hydrogen (secondary N) is 1. The van der Waals surface area contributed by atoms with Crippen molar-refractivity contribution in [2.75, 3.05) is 17.4 Å². The monoisotopic (exact) mass is 327 g/mol. The fourth-order valence-electron chi connectivity index (χ4n) is 1.67. The second-order valence-corrected chi connectivity index (χ2v) is 6.25. The Balaban J connectivity index is 2.20. The van der Waals surface area contributed by atoms with Crippen LogP contribution in [0.3, 0.4) is 0 Å². The standard InChI is InChI=1S/C11H14BrN5S/c1-7-4-14-11(16-13)15-10(7)17(2)5-8-3-9(12)18-6-8/h3-4,6H,5,13H2,1-2H3,(H,14,15,16). The van der Waals surface area contributed by atoms with Crippen LogP contribution in [0.4, 0.5) is 11.8 Å². The second kappa shape index (κ2) is 5.64. The molecule has 0 aromatic carbocycles. The Morgan fingerprint density at radius 3 is 2.94 bits per heavy atom. The molecule has 0 aliphatic carbocycles.